The summed E-state index contributed by atoms with van der Waals surface area (Å²) < 4.78 is 72.7. The Morgan fingerprint density at radius 2 is 1.83 bits per heavy atom. The van der Waals surface area contributed by atoms with Crippen molar-refractivity contribution in [1.82, 2.24) is 0 Å². The largest absolute Gasteiger partial charge is 0.416 e. The van der Waals surface area contributed by atoms with E-state index >= 15 is 0 Å². The molecule has 102 valence electrons. The van der Waals surface area contributed by atoms with Crippen LogP contribution in [0.5, 0.6) is 0 Å². The minimum Gasteiger partial charge on any atom is -0.373 e. The van der Waals surface area contributed by atoms with Crippen LogP contribution in [-0.4, -0.2) is 19.8 Å². The van der Waals surface area contributed by atoms with E-state index in [2.05, 4.69) is 0 Å². The molecule has 0 heterocycles. The van der Waals surface area contributed by atoms with Gasteiger partial charge in [-0.15, -0.1) is 0 Å². The van der Waals surface area contributed by atoms with E-state index in [-0.39, 0.29) is 6.07 Å². The highest BCUT2D eigenvalue weighted by atomic mass is 35.5. The minimum absolute atomic E-state index is 0.215. The molecule has 0 aliphatic heterocycles. The lowest BCUT2D eigenvalue weighted by atomic mass is 10.1. The van der Waals surface area contributed by atoms with Crippen molar-refractivity contribution in [2.24, 2.45) is 0 Å². The summed E-state index contributed by atoms with van der Waals surface area (Å²) in [5.41, 5.74) is -4.78. The zero-order valence-electron chi connectivity index (χ0n) is 8.79. The number of rotatable bonds is 2. The first-order valence-electron chi connectivity index (χ1n) is 4.37. The van der Waals surface area contributed by atoms with Crippen molar-refractivity contribution in [3.8, 4) is 0 Å². The molecule has 1 rings (SSSR count). The summed E-state index contributed by atoms with van der Waals surface area (Å²) in [6.07, 6.45) is -4.27. The second-order valence-corrected chi connectivity index (χ2v) is 6.05. The molecule has 1 N–H and O–H groups in total. The van der Waals surface area contributed by atoms with Crippen LogP contribution < -0.4 is 0 Å². The molecule has 1 aromatic rings. The SMILES string of the molecule is CS(=O)(=O)C(O)c1cc(C(F)(F)F)cc(Cl)c1F. The van der Waals surface area contributed by atoms with Gasteiger partial charge in [0.05, 0.1) is 10.6 Å². The number of hydrogen-bond acceptors (Lipinski definition) is 3. The number of hydrogen-bond donors (Lipinski definition) is 1. The van der Waals surface area contributed by atoms with Crippen molar-refractivity contribution in [3.63, 3.8) is 0 Å². The molecule has 0 saturated carbocycles. The van der Waals surface area contributed by atoms with Gasteiger partial charge in [0, 0.05) is 11.8 Å². The van der Waals surface area contributed by atoms with Crippen LogP contribution in [0.2, 0.25) is 5.02 Å². The first-order valence-corrected chi connectivity index (χ1v) is 6.71. The maximum Gasteiger partial charge on any atom is 0.416 e. The van der Waals surface area contributed by atoms with Crippen LogP contribution in [0.25, 0.3) is 0 Å². The van der Waals surface area contributed by atoms with E-state index in [1.807, 2.05) is 0 Å². The van der Waals surface area contributed by atoms with Crippen molar-refractivity contribution in [1.29, 1.82) is 0 Å². The Balaban J connectivity index is 3.50. The van der Waals surface area contributed by atoms with Crippen LogP contribution in [0.3, 0.4) is 0 Å². The van der Waals surface area contributed by atoms with E-state index in [1.165, 1.54) is 0 Å². The van der Waals surface area contributed by atoms with Crippen LogP contribution in [0.1, 0.15) is 16.6 Å². The Hall–Kier alpha value is -0.860. The van der Waals surface area contributed by atoms with Crippen LogP contribution in [0, 0.1) is 5.82 Å². The van der Waals surface area contributed by atoms with Crippen molar-refractivity contribution in [3.05, 3.63) is 34.1 Å². The maximum absolute atomic E-state index is 13.4. The second kappa shape index (κ2) is 4.67. The molecule has 3 nitrogen and oxygen atoms in total. The molecule has 0 amide bonds. The predicted molar refractivity (Wildman–Crippen MR) is 56.2 cm³/mol. The summed E-state index contributed by atoms with van der Waals surface area (Å²) in [4.78, 5) is 0. The van der Waals surface area contributed by atoms with Crippen molar-refractivity contribution < 1.29 is 31.1 Å². The van der Waals surface area contributed by atoms with Gasteiger partial charge >= 0.3 is 6.18 Å². The smallest absolute Gasteiger partial charge is 0.373 e. The van der Waals surface area contributed by atoms with E-state index in [1.54, 1.807) is 0 Å². The van der Waals surface area contributed by atoms with E-state index in [0.29, 0.717) is 12.3 Å². The van der Waals surface area contributed by atoms with E-state index in [0.717, 1.165) is 0 Å². The topological polar surface area (TPSA) is 54.4 Å². The van der Waals surface area contributed by atoms with Gasteiger partial charge in [0.2, 0.25) is 0 Å². The van der Waals surface area contributed by atoms with Gasteiger partial charge in [0.1, 0.15) is 5.82 Å². The molecule has 0 aromatic heterocycles. The lowest BCUT2D eigenvalue weighted by Crippen LogP contribution is -2.15. The summed E-state index contributed by atoms with van der Waals surface area (Å²) in [7, 11) is -4.17. The van der Waals surface area contributed by atoms with Gasteiger partial charge in [-0.2, -0.15) is 13.2 Å². The van der Waals surface area contributed by atoms with Gasteiger partial charge in [0.25, 0.3) is 0 Å². The summed E-state index contributed by atoms with van der Waals surface area (Å²) in [5, 5.41) is 8.38. The van der Waals surface area contributed by atoms with Gasteiger partial charge in [0.15, 0.2) is 15.3 Å². The molecular formula is C9H7ClF4O3S. The van der Waals surface area contributed by atoms with Gasteiger partial charge in [-0.3, -0.25) is 0 Å². The van der Waals surface area contributed by atoms with Gasteiger partial charge in [-0.1, -0.05) is 11.6 Å². The quantitative estimate of drug-likeness (QED) is 0.854. The van der Waals surface area contributed by atoms with Crippen molar-refractivity contribution >= 4 is 21.4 Å². The molecular weight excluding hydrogens is 300 g/mol. The van der Waals surface area contributed by atoms with Crippen molar-refractivity contribution in [2.75, 3.05) is 6.26 Å². The summed E-state index contributed by atoms with van der Waals surface area (Å²) in [5.74, 6) is -1.40. The Morgan fingerprint density at radius 1 is 1.33 bits per heavy atom. The minimum atomic E-state index is -4.83. The standard InChI is InChI=1S/C9H7ClF4O3S/c1-18(16,17)8(15)5-2-4(9(12,13)14)3-6(10)7(5)11/h2-3,8,15H,1H3. The molecule has 9 heteroatoms. The second-order valence-electron chi connectivity index (χ2n) is 3.54. The van der Waals surface area contributed by atoms with E-state index < -0.39 is 43.4 Å². The summed E-state index contributed by atoms with van der Waals surface area (Å²) in [6, 6.07) is 0.530. The van der Waals surface area contributed by atoms with Crippen LogP contribution in [0.15, 0.2) is 12.1 Å². The molecule has 1 aromatic carbocycles. The molecule has 0 radical (unpaired) electrons. The first-order chi connectivity index (χ1) is 7.94. The zero-order valence-corrected chi connectivity index (χ0v) is 10.4. The molecule has 0 aliphatic rings. The van der Waals surface area contributed by atoms with Gasteiger partial charge in [-0.25, -0.2) is 12.8 Å². The predicted octanol–water partition coefficient (Wildman–Crippen LogP) is 2.53. The number of sulfone groups is 1. The lowest BCUT2D eigenvalue weighted by Gasteiger charge is -2.14. The number of aliphatic hydroxyl groups excluding tert-OH is 1. The van der Waals surface area contributed by atoms with Crippen LogP contribution in [-0.2, 0) is 16.0 Å². The average Bonchev–Trinajstić information content (AvgIpc) is 2.17. The van der Waals surface area contributed by atoms with Gasteiger partial charge < -0.3 is 5.11 Å². The third-order valence-electron chi connectivity index (χ3n) is 2.06. The Kier molecular flexibility index (Phi) is 3.94. The molecule has 18 heavy (non-hydrogen) atoms. The highest BCUT2D eigenvalue weighted by molar-refractivity contribution is 7.90. The third kappa shape index (κ3) is 3.12. The molecule has 0 fully saturated rings. The number of aliphatic hydroxyl groups is 1. The average molecular weight is 307 g/mol. The first kappa shape index (κ1) is 15.2. The maximum atomic E-state index is 13.4. The third-order valence-corrected chi connectivity index (χ3v) is 3.40. The Bertz CT molecular complexity index is 568. The Morgan fingerprint density at radius 3 is 2.22 bits per heavy atom. The highest BCUT2D eigenvalue weighted by Gasteiger charge is 2.34. The monoisotopic (exact) mass is 306 g/mol. The molecule has 0 bridgehead atoms. The number of halogens is 5. The fraction of sp³-hybridized carbons (Fsp3) is 0.333. The molecule has 1 atom stereocenters. The molecule has 0 saturated heterocycles. The summed E-state index contributed by atoms with van der Waals surface area (Å²) in [6.45, 7) is 0. The molecule has 1 unspecified atom stereocenters. The molecule has 0 aliphatic carbocycles. The lowest BCUT2D eigenvalue weighted by molar-refractivity contribution is -0.137. The molecule has 0 spiro atoms. The Labute approximate surface area is 105 Å². The zero-order chi connectivity index (χ0) is 14.3. The fourth-order valence-electron chi connectivity index (χ4n) is 1.18. The highest BCUT2D eigenvalue weighted by Crippen LogP contribution is 2.36. The van der Waals surface area contributed by atoms with E-state index in [4.69, 9.17) is 11.6 Å². The van der Waals surface area contributed by atoms with Gasteiger partial charge in [-0.05, 0) is 12.1 Å². The van der Waals surface area contributed by atoms with Crippen LogP contribution in [0.4, 0.5) is 17.6 Å². The normalized spacial score (nSPS) is 14.6. The van der Waals surface area contributed by atoms with Crippen molar-refractivity contribution in [2.45, 2.75) is 11.6 Å². The van der Waals surface area contributed by atoms with Crippen LogP contribution >= 0.6 is 11.6 Å². The summed E-state index contributed by atoms with van der Waals surface area (Å²) >= 11 is 5.24. The number of alkyl halides is 3. The number of benzene rings is 1. The fourth-order valence-corrected chi connectivity index (χ4v) is 2.04. The van der Waals surface area contributed by atoms with E-state index in [9.17, 15) is 31.1 Å².